The highest BCUT2D eigenvalue weighted by Gasteiger charge is 2.05. The third-order valence-corrected chi connectivity index (χ3v) is 4.61. The molecule has 2 aromatic carbocycles. The number of benzene rings is 2. The van der Waals surface area contributed by atoms with Crippen LogP contribution in [0.3, 0.4) is 0 Å². The Labute approximate surface area is 206 Å². The molecule has 0 saturated heterocycles. The van der Waals surface area contributed by atoms with Crippen LogP contribution in [0.5, 0.6) is 17.2 Å². The zero-order valence-corrected chi connectivity index (χ0v) is 20.6. The maximum Gasteiger partial charge on any atom is 0.188 e. The first kappa shape index (κ1) is 25.3. The molecule has 1 heterocycles. The summed E-state index contributed by atoms with van der Waals surface area (Å²) in [6.07, 6.45) is 2.54. The topological polar surface area (TPSA) is 91.0 Å². The lowest BCUT2D eigenvalue weighted by atomic mass is 10.1. The zero-order chi connectivity index (χ0) is 21.9. The molecule has 3 rings (SSSR count). The predicted molar refractivity (Wildman–Crippen MR) is 137 cm³/mol. The van der Waals surface area contributed by atoms with Gasteiger partial charge in [-0.15, -0.1) is 24.0 Å². The number of hydrogen-bond acceptors (Lipinski definition) is 5. The van der Waals surface area contributed by atoms with Crippen LogP contribution in [0, 0.1) is 0 Å². The van der Waals surface area contributed by atoms with Crippen molar-refractivity contribution in [3.8, 4) is 17.2 Å². The minimum Gasteiger partial charge on any atom is -0.493 e. The molecule has 3 N–H and O–H groups in total. The molecular formula is C24H29IN4O3. The number of nitrogens with zero attached hydrogens (tertiary/aromatic N) is 2. The van der Waals surface area contributed by atoms with Crippen molar-refractivity contribution in [3.05, 3.63) is 83.7 Å². The molecule has 0 amide bonds. The minimum atomic E-state index is 0. The average Bonchev–Trinajstić information content (AvgIpc) is 2.82. The van der Waals surface area contributed by atoms with Gasteiger partial charge in [0.25, 0.3) is 0 Å². The Morgan fingerprint density at radius 2 is 1.81 bits per heavy atom. The van der Waals surface area contributed by atoms with E-state index in [9.17, 15) is 0 Å². The molecule has 0 bridgehead atoms. The maximum atomic E-state index is 6.01. The van der Waals surface area contributed by atoms with Crippen LogP contribution >= 0.6 is 24.0 Å². The number of hydrogen-bond donors (Lipinski definition) is 2. The van der Waals surface area contributed by atoms with Crippen LogP contribution in [-0.2, 0) is 19.6 Å². The SMILES string of the molecule is COc1ccc(CCNC(N)=NCc2cccc(OCc3ccccn3)c2)cc1OC.I. The highest BCUT2D eigenvalue weighted by molar-refractivity contribution is 14.0. The molecule has 3 aromatic rings. The molecule has 0 saturated carbocycles. The van der Waals surface area contributed by atoms with Gasteiger partial charge in [-0.25, -0.2) is 4.99 Å². The van der Waals surface area contributed by atoms with Crippen LogP contribution in [-0.4, -0.2) is 31.7 Å². The van der Waals surface area contributed by atoms with E-state index in [0.29, 0.717) is 37.2 Å². The normalized spacial score (nSPS) is 10.8. The molecule has 0 aliphatic heterocycles. The van der Waals surface area contributed by atoms with Gasteiger partial charge < -0.3 is 25.3 Å². The number of rotatable bonds is 10. The van der Waals surface area contributed by atoms with Crippen LogP contribution in [0.15, 0.2) is 71.9 Å². The minimum absolute atomic E-state index is 0. The Morgan fingerprint density at radius 1 is 0.969 bits per heavy atom. The Balaban J connectivity index is 0.00000363. The van der Waals surface area contributed by atoms with Gasteiger partial charge in [-0.2, -0.15) is 0 Å². The van der Waals surface area contributed by atoms with Gasteiger partial charge in [0.1, 0.15) is 12.4 Å². The molecule has 8 heteroatoms. The van der Waals surface area contributed by atoms with E-state index in [1.807, 2.05) is 60.7 Å². The molecule has 0 aliphatic carbocycles. The lowest BCUT2D eigenvalue weighted by Crippen LogP contribution is -2.33. The standard InChI is InChI=1S/C24H28N4O3.HI/c1-29-22-10-9-18(15-23(22)30-2)11-13-27-24(25)28-16-19-6-5-8-21(14-19)31-17-20-7-3-4-12-26-20;/h3-10,12,14-15H,11,13,16-17H2,1-2H3,(H3,25,27,28);1H. The lowest BCUT2D eigenvalue weighted by Gasteiger charge is -2.10. The lowest BCUT2D eigenvalue weighted by molar-refractivity contribution is 0.301. The van der Waals surface area contributed by atoms with Crippen molar-refractivity contribution < 1.29 is 14.2 Å². The number of halogens is 1. The van der Waals surface area contributed by atoms with Crippen molar-refractivity contribution >= 4 is 29.9 Å². The third kappa shape index (κ3) is 7.92. The first-order chi connectivity index (χ1) is 15.2. The highest BCUT2D eigenvalue weighted by atomic mass is 127. The summed E-state index contributed by atoms with van der Waals surface area (Å²) in [6, 6.07) is 19.4. The summed E-state index contributed by atoms with van der Waals surface area (Å²) >= 11 is 0. The summed E-state index contributed by atoms with van der Waals surface area (Å²) in [5, 5.41) is 3.14. The molecule has 32 heavy (non-hydrogen) atoms. The van der Waals surface area contributed by atoms with Gasteiger partial charge in [0.05, 0.1) is 26.5 Å². The second-order valence-electron chi connectivity index (χ2n) is 6.82. The van der Waals surface area contributed by atoms with Crippen LogP contribution in [0.25, 0.3) is 0 Å². The van der Waals surface area contributed by atoms with E-state index in [0.717, 1.165) is 29.0 Å². The summed E-state index contributed by atoms with van der Waals surface area (Å²) in [5.41, 5.74) is 9.04. The van der Waals surface area contributed by atoms with Gasteiger partial charge in [0.2, 0.25) is 0 Å². The fraction of sp³-hybridized carbons (Fsp3) is 0.250. The van der Waals surface area contributed by atoms with Gasteiger partial charge in [-0.05, 0) is 53.9 Å². The molecule has 0 aliphatic rings. The van der Waals surface area contributed by atoms with Gasteiger partial charge in [-0.3, -0.25) is 4.98 Å². The van der Waals surface area contributed by atoms with E-state index in [2.05, 4.69) is 15.3 Å². The predicted octanol–water partition coefficient (Wildman–Crippen LogP) is 3.94. The maximum absolute atomic E-state index is 6.01. The zero-order valence-electron chi connectivity index (χ0n) is 18.3. The second kappa shape index (κ2) is 13.4. The van der Waals surface area contributed by atoms with E-state index in [1.54, 1.807) is 20.4 Å². The monoisotopic (exact) mass is 548 g/mol. The van der Waals surface area contributed by atoms with Gasteiger partial charge in [0, 0.05) is 12.7 Å². The summed E-state index contributed by atoms with van der Waals surface area (Å²) in [5.74, 6) is 2.61. The van der Waals surface area contributed by atoms with Crippen LogP contribution in [0.1, 0.15) is 16.8 Å². The summed E-state index contributed by atoms with van der Waals surface area (Å²) < 4.78 is 16.4. The smallest absolute Gasteiger partial charge is 0.188 e. The first-order valence-corrected chi connectivity index (χ1v) is 10.0. The number of nitrogens with two attached hydrogens (primary N) is 1. The van der Waals surface area contributed by atoms with Gasteiger partial charge in [0.15, 0.2) is 17.5 Å². The molecule has 0 spiro atoms. The number of aliphatic imine (C=N–C) groups is 1. The van der Waals surface area contributed by atoms with Crippen molar-refractivity contribution in [2.45, 2.75) is 19.6 Å². The largest absolute Gasteiger partial charge is 0.493 e. The van der Waals surface area contributed by atoms with Crippen LogP contribution < -0.4 is 25.3 Å². The number of pyridine rings is 1. The van der Waals surface area contributed by atoms with Crippen molar-refractivity contribution in [1.82, 2.24) is 10.3 Å². The van der Waals surface area contributed by atoms with Crippen molar-refractivity contribution in [2.24, 2.45) is 10.7 Å². The number of methoxy groups -OCH3 is 2. The van der Waals surface area contributed by atoms with E-state index >= 15 is 0 Å². The van der Waals surface area contributed by atoms with Crippen molar-refractivity contribution in [1.29, 1.82) is 0 Å². The summed E-state index contributed by atoms with van der Waals surface area (Å²) in [4.78, 5) is 8.68. The van der Waals surface area contributed by atoms with Crippen LogP contribution in [0.4, 0.5) is 0 Å². The molecular weight excluding hydrogens is 519 g/mol. The van der Waals surface area contributed by atoms with E-state index in [1.165, 1.54) is 0 Å². The molecule has 7 nitrogen and oxygen atoms in total. The molecule has 0 unspecified atom stereocenters. The molecule has 170 valence electrons. The molecule has 1 aromatic heterocycles. The second-order valence-corrected chi connectivity index (χ2v) is 6.82. The van der Waals surface area contributed by atoms with E-state index in [-0.39, 0.29) is 24.0 Å². The van der Waals surface area contributed by atoms with Crippen LogP contribution in [0.2, 0.25) is 0 Å². The summed E-state index contributed by atoms with van der Waals surface area (Å²) in [6.45, 7) is 1.56. The fourth-order valence-corrected chi connectivity index (χ4v) is 2.98. The van der Waals surface area contributed by atoms with Crippen molar-refractivity contribution in [2.75, 3.05) is 20.8 Å². The molecule has 0 atom stereocenters. The first-order valence-electron chi connectivity index (χ1n) is 10.0. The Bertz CT molecular complexity index is 1000. The Kier molecular flexibility index (Phi) is 10.6. The third-order valence-electron chi connectivity index (χ3n) is 4.61. The average molecular weight is 548 g/mol. The Hall–Kier alpha value is -3.01. The number of nitrogens with one attached hydrogen (secondary N) is 1. The molecule has 0 radical (unpaired) electrons. The summed E-state index contributed by atoms with van der Waals surface area (Å²) in [7, 11) is 3.25. The molecule has 0 fully saturated rings. The fourth-order valence-electron chi connectivity index (χ4n) is 2.98. The van der Waals surface area contributed by atoms with E-state index < -0.39 is 0 Å². The quantitative estimate of drug-likeness (QED) is 0.227. The highest BCUT2D eigenvalue weighted by Crippen LogP contribution is 2.27. The number of ether oxygens (including phenoxy) is 3. The van der Waals surface area contributed by atoms with Gasteiger partial charge in [-0.1, -0.05) is 24.3 Å². The number of guanidine groups is 1. The Morgan fingerprint density at radius 3 is 2.56 bits per heavy atom. The van der Waals surface area contributed by atoms with Gasteiger partial charge >= 0.3 is 0 Å². The number of aromatic nitrogens is 1. The van der Waals surface area contributed by atoms with Crippen molar-refractivity contribution in [3.63, 3.8) is 0 Å². The van der Waals surface area contributed by atoms with E-state index in [4.69, 9.17) is 19.9 Å².